The summed E-state index contributed by atoms with van der Waals surface area (Å²) in [5.41, 5.74) is 0. The Hall–Kier alpha value is -1.59. The second-order valence-corrected chi connectivity index (χ2v) is 19.0. The highest BCUT2D eigenvalue weighted by Crippen LogP contribution is 2.23. The summed E-state index contributed by atoms with van der Waals surface area (Å²) >= 11 is 0. The zero-order valence-corrected chi connectivity index (χ0v) is 41.5. The minimum atomic E-state index is -1.56. The van der Waals surface area contributed by atoms with Gasteiger partial charge in [-0.3, -0.25) is 4.79 Å². The summed E-state index contributed by atoms with van der Waals surface area (Å²) in [7, 11) is 0. The highest BCUT2D eigenvalue weighted by molar-refractivity contribution is 5.76. The van der Waals surface area contributed by atoms with Gasteiger partial charge in [0.1, 0.15) is 24.4 Å². The number of aliphatic hydroxyl groups is 5. The maximum Gasteiger partial charge on any atom is 0.220 e. The zero-order valence-electron chi connectivity index (χ0n) is 41.5. The van der Waals surface area contributed by atoms with Gasteiger partial charge >= 0.3 is 0 Å². The molecule has 1 fully saturated rings. The smallest absolute Gasteiger partial charge is 0.220 e. The van der Waals surface area contributed by atoms with Crippen molar-refractivity contribution in [2.45, 2.75) is 294 Å². The van der Waals surface area contributed by atoms with E-state index >= 15 is 0 Å². The van der Waals surface area contributed by atoms with Crippen LogP contribution in [0.5, 0.6) is 0 Å². The van der Waals surface area contributed by atoms with Gasteiger partial charge in [-0.2, -0.15) is 0 Å². The molecule has 1 aliphatic heterocycles. The molecule has 0 radical (unpaired) electrons. The fraction of sp³-hybridized carbons (Fsp3) is 0.873. The van der Waals surface area contributed by atoms with Crippen LogP contribution in [0.15, 0.2) is 36.5 Å². The number of hydrogen-bond acceptors (Lipinski definition) is 8. The first-order chi connectivity index (χ1) is 31.3. The number of carbonyl (C=O) groups excluding carboxylic acids is 1. The molecule has 9 heteroatoms. The van der Waals surface area contributed by atoms with Gasteiger partial charge < -0.3 is 40.3 Å². The summed E-state index contributed by atoms with van der Waals surface area (Å²) in [6, 6.07) is -0.726. The molecule has 0 aliphatic carbocycles. The first-order valence-electron chi connectivity index (χ1n) is 27.2. The van der Waals surface area contributed by atoms with E-state index in [1.54, 1.807) is 0 Å². The highest BCUT2D eigenvalue weighted by Gasteiger charge is 2.44. The van der Waals surface area contributed by atoms with Crippen molar-refractivity contribution in [1.29, 1.82) is 0 Å². The minimum Gasteiger partial charge on any atom is -0.394 e. The molecule has 1 saturated heterocycles. The third-order valence-corrected chi connectivity index (χ3v) is 13.0. The quantitative estimate of drug-likeness (QED) is 0.0261. The fourth-order valence-electron chi connectivity index (χ4n) is 8.64. The first-order valence-corrected chi connectivity index (χ1v) is 27.2. The first kappa shape index (κ1) is 60.4. The Bertz CT molecular complexity index is 1100. The molecule has 0 aromatic rings. The standard InChI is InChI=1S/C55H103NO8/c1-3-5-7-9-11-13-15-17-19-21-23-25-27-29-31-33-35-37-39-41-43-45-51(59)56-48(47-63-55-54(62)53(61)52(60)50(46-57)64-55)49(58)44-42-40-38-36-34-32-30-28-26-24-22-20-18-16-14-12-10-8-6-4-2/h15,17,21,23,27,29,48-50,52-55,57-58,60-62H,3-14,16,18-20,22,24-26,28,30-47H2,1-2H3,(H,56,59)/b17-15-,23-21-,29-27-. The van der Waals surface area contributed by atoms with Crippen molar-refractivity contribution >= 4 is 5.91 Å². The van der Waals surface area contributed by atoms with Crippen LogP contribution >= 0.6 is 0 Å². The Labute approximate surface area is 393 Å². The average Bonchev–Trinajstić information content (AvgIpc) is 3.29. The van der Waals surface area contributed by atoms with E-state index in [0.717, 1.165) is 64.2 Å². The van der Waals surface area contributed by atoms with E-state index in [1.165, 1.54) is 161 Å². The predicted octanol–water partition coefficient (Wildman–Crippen LogP) is 12.8. The van der Waals surface area contributed by atoms with Crippen LogP contribution in [0, 0.1) is 0 Å². The molecular weight excluding hydrogens is 803 g/mol. The van der Waals surface area contributed by atoms with Crippen LogP contribution < -0.4 is 5.32 Å². The molecule has 0 aromatic carbocycles. The topological polar surface area (TPSA) is 149 Å². The lowest BCUT2D eigenvalue weighted by atomic mass is 9.99. The number of nitrogens with one attached hydrogen (secondary N) is 1. The molecule has 7 atom stereocenters. The molecule has 1 aliphatic rings. The van der Waals surface area contributed by atoms with Crippen LogP contribution in [0.3, 0.4) is 0 Å². The monoisotopic (exact) mass is 906 g/mol. The summed E-state index contributed by atoms with van der Waals surface area (Å²) in [5, 5.41) is 54.6. The van der Waals surface area contributed by atoms with Gasteiger partial charge in [-0.15, -0.1) is 0 Å². The minimum absolute atomic E-state index is 0.143. The second-order valence-electron chi connectivity index (χ2n) is 19.0. The molecule has 0 saturated carbocycles. The fourth-order valence-corrected chi connectivity index (χ4v) is 8.64. The van der Waals surface area contributed by atoms with Crippen LogP contribution in [0.25, 0.3) is 0 Å². The Morgan fingerprint density at radius 2 is 0.922 bits per heavy atom. The molecule has 1 heterocycles. The Kier molecular flexibility index (Phi) is 42.7. The number of allylic oxidation sites excluding steroid dienone is 6. The average molecular weight is 906 g/mol. The van der Waals surface area contributed by atoms with Crippen LogP contribution in [-0.4, -0.2) is 87.5 Å². The molecule has 9 nitrogen and oxygen atoms in total. The third kappa shape index (κ3) is 34.7. The van der Waals surface area contributed by atoms with Gasteiger partial charge in [-0.1, -0.05) is 230 Å². The van der Waals surface area contributed by atoms with Crippen molar-refractivity contribution in [3.8, 4) is 0 Å². The van der Waals surface area contributed by atoms with Gasteiger partial charge in [0.2, 0.25) is 5.91 Å². The number of amides is 1. The Morgan fingerprint density at radius 3 is 1.36 bits per heavy atom. The maximum absolute atomic E-state index is 13.0. The number of carbonyl (C=O) groups is 1. The van der Waals surface area contributed by atoms with Crippen molar-refractivity contribution in [2.24, 2.45) is 0 Å². The van der Waals surface area contributed by atoms with Crippen LogP contribution in [-0.2, 0) is 14.3 Å². The summed E-state index contributed by atoms with van der Waals surface area (Å²) in [6.45, 7) is 3.84. The van der Waals surface area contributed by atoms with Crippen LogP contribution in [0.1, 0.15) is 251 Å². The molecule has 0 aromatic heterocycles. The van der Waals surface area contributed by atoms with Crippen molar-refractivity contribution in [3.05, 3.63) is 36.5 Å². The third-order valence-electron chi connectivity index (χ3n) is 13.0. The SMILES string of the molecule is CCCCCCC/C=C\C/C=C\C/C=C\CCCCCCCCC(=O)NC(COC1OC(CO)C(O)C(O)C1O)C(O)CCCCCCCCCCCCCCCCCCCCCC. The lowest BCUT2D eigenvalue weighted by molar-refractivity contribution is -0.302. The number of hydrogen-bond donors (Lipinski definition) is 6. The summed E-state index contributed by atoms with van der Waals surface area (Å²) < 4.78 is 11.3. The van der Waals surface area contributed by atoms with Crippen molar-refractivity contribution < 1.29 is 39.8 Å². The van der Waals surface area contributed by atoms with E-state index < -0.39 is 49.5 Å². The molecule has 7 unspecified atom stereocenters. The van der Waals surface area contributed by atoms with E-state index in [2.05, 4.69) is 55.6 Å². The van der Waals surface area contributed by atoms with E-state index in [1.807, 2.05) is 0 Å². The summed E-state index contributed by atoms with van der Waals surface area (Å²) in [6.07, 6.45) is 50.1. The molecule has 1 amide bonds. The van der Waals surface area contributed by atoms with Gasteiger partial charge in [0.25, 0.3) is 0 Å². The molecule has 0 spiro atoms. The molecule has 0 bridgehead atoms. The van der Waals surface area contributed by atoms with Crippen molar-refractivity contribution in [2.75, 3.05) is 13.2 Å². The van der Waals surface area contributed by atoms with E-state index in [-0.39, 0.29) is 12.5 Å². The predicted molar refractivity (Wildman–Crippen MR) is 267 cm³/mol. The van der Waals surface area contributed by atoms with Gasteiger partial charge in [0.05, 0.1) is 25.4 Å². The number of rotatable bonds is 46. The lowest BCUT2D eigenvalue weighted by Gasteiger charge is -2.40. The van der Waals surface area contributed by atoms with E-state index in [4.69, 9.17) is 9.47 Å². The summed E-state index contributed by atoms with van der Waals surface area (Å²) in [5.74, 6) is -0.155. The van der Waals surface area contributed by atoms with Crippen LogP contribution in [0.2, 0.25) is 0 Å². The number of ether oxygens (including phenoxy) is 2. The maximum atomic E-state index is 13.0. The normalized spacial score (nSPS) is 20.3. The second kappa shape index (κ2) is 45.2. The molecule has 1 rings (SSSR count). The largest absolute Gasteiger partial charge is 0.394 e. The highest BCUT2D eigenvalue weighted by atomic mass is 16.7. The van der Waals surface area contributed by atoms with Crippen molar-refractivity contribution in [3.63, 3.8) is 0 Å². The summed E-state index contributed by atoms with van der Waals surface area (Å²) in [4.78, 5) is 13.0. The van der Waals surface area contributed by atoms with Gasteiger partial charge in [0.15, 0.2) is 6.29 Å². The number of unbranched alkanes of at least 4 members (excludes halogenated alkanes) is 30. The van der Waals surface area contributed by atoms with Crippen LogP contribution in [0.4, 0.5) is 0 Å². The zero-order chi connectivity index (χ0) is 46.6. The Morgan fingerprint density at radius 1 is 0.531 bits per heavy atom. The van der Waals surface area contributed by atoms with Gasteiger partial charge in [-0.25, -0.2) is 0 Å². The molecule has 6 N–H and O–H groups in total. The molecule has 376 valence electrons. The van der Waals surface area contributed by atoms with Gasteiger partial charge in [-0.05, 0) is 51.4 Å². The van der Waals surface area contributed by atoms with E-state index in [0.29, 0.717) is 12.8 Å². The molecular formula is C55H103NO8. The molecule has 64 heavy (non-hydrogen) atoms. The van der Waals surface area contributed by atoms with Gasteiger partial charge in [0, 0.05) is 6.42 Å². The number of aliphatic hydroxyl groups excluding tert-OH is 5. The Balaban J connectivity index is 2.26. The lowest BCUT2D eigenvalue weighted by Crippen LogP contribution is -2.60. The van der Waals surface area contributed by atoms with Crippen molar-refractivity contribution in [1.82, 2.24) is 5.32 Å². The van der Waals surface area contributed by atoms with E-state index in [9.17, 15) is 30.3 Å².